The van der Waals surface area contributed by atoms with Gasteiger partial charge in [-0.1, -0.05) is 20.3 Å². The Kier molecular flexibility index (Phi) is 3.96. The molecule has 0 fully saturated rings. The molecule has 2 N–H and O–H groups in total. The average Bonchev–Trinajstić information content (AvgIpc) is 2.54. The van der Waals surface area contributed by atoms with E-state index in [-0.39, 0.29) is 0 Å². The molecule has 1 atom stereocenters. The first-order valence-electron chi connectivity index (χ1n) is 4.97. The molecule has 0 spiro atoms. The third-order valence-corrected chi connectivity index (χ3v) is 2.40. The molecule has 0 amide bonds. The molecular formula is C10H19N3. The van der Waals surface area contributed by atoms with Crippen LogP contribution in [0.1, 0.15) is 26.0 Å². The second-order valence-electron chi connectivity index (χ2n) is 3.59. The summed E-state index contributed by atoms with van der Waals surface area (Å²) in [5, 5.41) is 0. The highest BCUT2D eigenvalue weighted by molar-refractivity contribution is 4.98. The lowest BCUT2D eigenvalue weighted by molar-refractivity contribution is 0.459. The van der Waals surface area contributed by atoms with E-state index < -0.39 is 0 Å². The molecule has 3 heteroatoms. The lowest BCUT2D eigenvalue weighted by atomic mass is 10.1. The summed E-state index contributed by atoms with van der Waals surface area (Å²) >= 11 is 0. The van der Waals surface area contributed by atoms with Gasteiger partial charge in [-0.15, -0.1) is 0 Å². The van der Waals surface area contributed by atoms with Gasteiger partial charge in [-0.25, -0.2) is 4.98 Å². The summed E-state index contributed by atoms with van der Waals surface area (Å²) in [6, 6.07) is 0. The van der Waals surface area contributed by atoms with E-state index in [9.17, 15) is 0 Å². The molecule has 3 nitrogen and oxygen atoms in total. The molecular weight excluding hydrogens is 162 g/mol. The Labute approximate surface area is 80.0 Å². The second-order valence-corrected chi connectivity index (χ2v) is 3.59. The van der Waals surface area contributed by atoms with Crippen molar-refractivity contribution in [2.45, 2.75) is 33.2 Å². The van der Waals surface area contributed by atoms with Gasteiger partial charge in [0.05, 0.1) is 6.33 Å². The molecule has 1 rings (SSSR count). The van der Waals surface area contributed by atoms with Crippen LogP contribution in [0.4, 0.5) is 0 Å². The minimum Gasteiger partial charge on any atom is -0.334 e. The number of imidazole rings is 1. The van der Waals surface area contributed by atoms with Crippen LogP contribution in [0.25, 0.3) is 0 Å². The Morgan fingerprint density at radius 3 is 3.00 bits per heavy atom. The molecule has 1 aromatic heterocycles. The van der Waals surface area contributed by atoms with E-state index in [1.807, 2.05) is 12.5 Å². The number of nitrogens with zero attached hydrogens (tertiary/aromatic N) is 2. The maximum Gasteiger partial charge on any atom is 0.0948 e. The van der Waals surface area contributed by atoms with E-state index in [4.69, 9.17) is 5.73 Å². The molecule has 0 aliphatic heterocycles. The summed E-state index contributed by atoms with van der Waals surface area (Å²) in [6.07, 6.45) is 5.95. The van der Waals surface area contributed by atoms with E-state index in [2.05, 4.69) is 23.4 Å². The van der Waals surface area contributed by atoms with Gasteiger partial charge in [0.1, 0.15) is 0 Å². The standard InChI is InChI=1S/C10H19N3/c1-3-9(2)7-13-8-12-6-10(13)4-5-11/h6,8-9H,3-5,7,11H2,1-2H3. The fraction of sp³-hybridized carbons (Fsp3) is 0.700. The normalized spacial score (nSPS) is 13.2. The number of nitrogens with two attached hydrogens (primary N) is 1. The monoisotopic (exact) mass is 181 g/mol. The summed E-state index contributed by atoms with van der Waals surface area (Å²) < 4.78 is 2.21. The lowest BCUT2D eigenvalue weighted by Gasteiger charge is -2.11. The quantitative estimate of drug-likeness (QED) is 0.746. The summed E-state index contributed by atoms with van der Waals surface area (Å²) in [5.74, 6) is 0.714. The SMILES string of the molecule is CCC(C)Cn1cncc1CCN. The van der Waals surface area contributed by atoms with Crippen molar-refractivity contribution in [1.29, 1.82) is 0 Å². The van der Waals surface area contributed by atoms with E-state index in [1.54, 1.807) is 0 Å². The molecule has 0 bridgehead atoms. The van der Waals surface area contributed by atoms with Gasteiger partial charge in [0, 0.05) is 24.9 Å². The first-order chi connectivity index (χ1) is 6.27. The Morgan fingerprint density at radius 1 is 1.62 bits per heavy atom. The van der Waals surface area contributed by atoms with Crippen LogP contribution in [0.2, 0.25) is 0 Å². The van der Waals surface area contributed by atoms with Crippen LogP contribution < -0.4 is 5.73 Å². The van der Waals surface area contributed by atoms with Crippen LogP contribution in [-0.4, -0.2) is 16.1 Å². The summed E-state index contributed by atoms with van der Waals surface area (Å²) in [7, 11) is 0. The number of hydrogen-bond acceptors (Lipinski definition) is 2. The summed E-state index contributed by atoms with van der Waals surface area (Å²) in [5.41, 5.74) is 6.76. The van der Waals surface area contributed by atoms with Crippen LogP contribution in [-0.2, 0) is 13.0 Å². The molecule has 1 aromatic rings. The fourth-order valence-electron chi connectivity index (χ4n) is 1.33. The number of rotatable bonds is 5. The zero-order valence-corrected chi connectivity index (χ0v) is 8.53. The minimum atomic E-state index is 0.701. The zero-order valence-electron chi connectivity index (χ0n) is 8.53. The smallest absolute Gasteiger partial charge is 0.0948 e. The highest BCUT2D eigenvalue weighted by Gasteiger charge is 2.04. The van der Waals surface area contributed by atoms with E-state index in [1.165, 1.54) is 12.1 Å². The highest BCUT2D eigenvalue weighted by atomic mass is 15.0. The largest absolute Gasteiger partial charge is 0.334 e. The lowest BCUT2D eigenvalue weighted by Crippen LogP contribution is -2.12. The third kappa shape index (κ3) is 2.84. The minimum absolute atomic E-state index is 0.701. The van der Waals surface area contributed by atoms with Gasteiger partial charge in [0.25, 0.3) is 0 Å². The van der Waals surface area contributed by atoms with Crippen molar-refractivity contribution < 1.29 is 0 Å². The molecule has 0 saturated heterocycles. The van der Waals surface area contributed by atoms with Crippen molar-refractivity contribution in [3.8, 4) is 0 Å². The number of hydrogen-bond donors (Lipinski definition) is 1. The molecule has 1 unspecified atom stereocenters. The molecule has 1 heterocycles. The molecule has 13 heavy (non-hydrogen) atoms. The third-order valence-electron chi connectivity index (χ3n) is 2.40. The van der Waals surface area contributed by atoms with Crippen LogP contribution in [0.3, 0.4) is 0 Å². The zero-order chi connectivity index (χ0) is 9.68. The van der Waals surface area contributed by atoms with Crippen molar-refractivity contribution in [1.82, 2.24) is 9.55 Å². The van der Waals surface area contributed by atoms with Crippen molar-refractivity contribution in [2.75, 3.05) is 6.54 Å². The van der Waals surface area contributed by atoms with Crippen molar-refractivity contribution in [3.05, 3.63) is 18.2 Å². The molecule has 0 aliphatic rings. The van der Waals surface area contributed by atoms with Crippen molar-refractivity contribution in [2.24, 2.45) is 11.7 Å². The van der Waals surface area contributed by atoms with Gasteiger partial charge in [-0.05, 0) is 12.5 Å². The van der Waals surface area contributed by atoms with Crippen molar-refractivity contribution in [3.63, 3.8) is 0 Å². The molecule has 0 radical (unpaired) electrons. The second kappa shape index (κ2) is 5.02. The summed E-state index contributed by atoms with van der Waals surface area (Å²) in [6.45, 7) is 6.23. The van der Waals surface area contributed by atoms with Crippen LogP contribution in [0, 0.1) is 5.92 Å². The fourth-order valence-corrected chi connectivity index (χ4v) is 1.33. The van der Waals surface area contributed by atoms with Gasteiger partial charge in [0.15, 0.2) is 0 Å². The average molecular weight is 181 g/mol. The first kappa shape index (κ1) is 10.3. The maximum absolute atomic E-state index is 5.51. The molecule has 0 aromatic carbocycles. The van der Waals surface area contributed by atoms with Gasteiger partial charge in [-0.3, -0.25) is 0 Å². The number of aromatic nitrogens is 2. The van der Waals surface area contributed by atoms with Crippen LogP contribution in [0.15, 0.2) is 12.5 Å². The highest BCUT2D eigenvalue weighted by Crippen LogP contribution is 2.08. The van der Waals surface area contributed by atoms with Crippen LogP contribution >= 0.6 is 0 Å². The Balaban J connectivity index is 2.59. The molecule has 0 aliphatic carbocycles. The summed E-state index contributed by atoms with van der Waals surface area (Å²) in [4.78, 5) is 4.14. The molecule has 0 saturated carbocycles. The Morgan fingerprint density at radius 2 is 2.38 bits per heavy atom. The van der Waals surface area contributed by atoms with Gasteiger partial charge in [0.2, 0.25) is 0 Å². The van der Waals surface area contributed by atoms with E-state index in [0.717, 1.165) is 13.0 Å². The van der Waals surface area contributed by atoms with Crippen LogP contribution in [0.5, 0.6) is 0 Å². The predicted octanol–water partition coefficient (Wildman–Crippen LogP) is 1.43. The van der Waals surface area contributed by atoms with E-state index >= 15 is 0 Å². The topological polar surface area (TPSA) is 43.8 Å². The molecule has 74 valence electrons. The van der Waals surface area contributed by atoms with E-state index in [0.29, 0.717) is 12.5 Å². The van der Waals surface area contributed by atoms with Gasteiger partial charge < -0.3 is 10.3 Å². The Hall–Kier alpha value is -0.830. The van der Waals surface area contributed by atoms with Crippen molar-refractivity contribution >= 4 is 0 Å². The van der Waals surface area contributed by atoms with Gasteiger partial charge >= 0.3 is 0 Å². The Bertz CT molecular complexity index is 242. The predicted molar refractivity (Wildman–Crippen MR) is 54.4 cm³/mol. The maximum atomic E-state index is 5.51. The van der Waals surface area contributed by atoms with Gasteiger partial charge in [-0.2, -0.15) is 0 Å². The first-order valence-corrected chi connectivity index (χ1v) is 4.97.